The van der Waals surface area contributed by atoms with E-state index in [1.165, 1.54) is 4.90 Å². The molecule has 18 heavy (non-hydrogen) atoms. The quantitative estimate of drug-likeness (QED) is 0.163. The van der Waals surface area contributed by atoms with Crippen LogP contribution in [-0.2, 0) is 4.79 Å². The lowest BCUT2D eigenvalue weighted by atomic mass is 10.1. The molecule has 0 rings (SSSR count). The normalized spacial score (nSPS) is 12.7. The lowest BCUT2D eigenvalue weighted by molar-refractivity contribution is -0.123. The number of nitrogens with zero attached hydrogens (tertiary/aromatic N) is 2. The van der Waals surface area contributed by atoms with Crippen LogP contribution in [0.15, 0.2) is 5.16 Å². The average Bonchev–Trinajstić information content (AvgIpc) is 2.34. The first-order valence-corrected chi connectivity index (χ1v) is 5.64. The topological polar surface area (TPSA) is 120 Å². The van der Waals surface area contributed by atoms with E-state index in [0.717, 1.165) is 0 Å². The molecule has 0 aliphatic rings. The van der Waals surface area contributed by atoms with E-state index in [1.54, 1.807) is 21.0 Å². The van der Waals surface area contributed by atoms with Crippen LogP contribution in [0.5, 0.6) is 0 Å². The number of oxime groups is 1. The zero-order chi connectivity index (χ0) is 14.1. The van der Waals surface area contributed by atoms with Crippen LogP contribution in [-0.4, -0.2) is 55.1 Å². The van der Waals surface area contributed by atoms with Crippen LogP contribution in [0, 0.1) is 5.92 Å². The highest BCUT2D eigenvalue weighted by atomic mass is 16.4. The van der Waals surface area contributed by atoms with Gasteiger partial charge in [0.1, 0.15) is 0 Å². The minimum atomic E-state index is -0.653. The van der Waals surface area contributed by atoms with Crippen molar-refractivity contribution in [2.24, 2.45) is 16.8 Å². The standard InChI is InChI=1S/C10H21N5O3/c1-4-7(8(11)14-18)9(16)12-5-6-13-10(17)15(2)3/h7,18H,4-6H2,1-3H3,(H2,11,14)(H,12,16)(H,13,17). The predicted octanol–water partition coefficient (Wildman–Crippen LogP) is -0.854. The van der Waals surface area contributed by atoms with Crippen LogP contribution in [0.4, 0.5) is 4.79 Å². The summed E-state index contributed by atoms with van der Waals surface area (Å²) in [5.74, 6) is -1.10. The van der Waals surface area contributed by atoms with E-state index in [0.29, 0.717) is 13.0 Å². The molecular formula is C10H21N5O3. The van der Waals surface area contributed by atoms with Gasteiger partial charge in [0, 0.05) is 27.2 Å². The maximum Gasteiger partial charge on any atom is 0.316 e. The van der Waals surface area contributed by atoms with Gasteiger partial charge in [-0.2, -0.15) is 0 Å². The number of amides is 3. The number of nitrogens with one attached hydrogen (secondary N) is 2. The number of amidine groups is 1. The Morgan fingerprint density at radius 3 is 2.33 bits per heavy atom. The van der Waals surface area contributed by atoms with Crippen molar-refractivity contribution in [3.63, 3.8) is 0 Å². The Morgan fingerprint density at radius 1 is 1.33 bits per heavy atom. The van der Waals surface area contributed by atoms with Crippen molar-refractivity contribution < 1.29 is 14.8 Å². The van der Waals surface area contributed by atoms with Crippen molar-refractivity contribution in [3.05, 3.63) is 0 Å². The van der Waals surface area contributed by atoms with E-state index in [-0.39, 0.29) is 24.3 Å². The molecule has 0 heterocycles. The highest BCUT2D eigenvalue weighted by Gasteiger charge is 2.20. The minimum Gasteiger partial charge on any atom is -0.409 e. The number of hydrogen-bond acceptors (Lipinski definition) is 4. The van der Waals surface area contributed by atoms with E-state index in [1.807, 2.05) is 0 Å². The summed E-state index contributed by atoms with van der Waals surface area (Å²) >= 11 is 0. The molecule has 3 amide bonds. The number of hydrogen-bond donors (Lipinski definition) is 4. The van der Waals surface area contributed by atoms with E-state index < -0.39 is 5.92 Å². The molecule has 0 aliphatic heterocycles. The maximum atomic E-state index is 11.6. The molecule has 8 nitrogen and oxygen atoms in total. The molecule has 0 spiro atoms. The summed E-state index contributed by atoms with van der Waals surface area (Å²) in [6.45, 7) is 2.36. The average molecular weight is 259 g/mol. The summed E-state index contributed by atoms with van der Waals surface area (Å²) < 4.78 is 0. The van der Waals surface area contributed by atoms with Crippen LogP contribution in [0.25, 0.3) is 0 Å². The fourth-order valence-corrected chi connectivity index (χ4v) is 1.23. The molecule has 0 fully saturated rings. The SMILES string of the molecule is CCC(C(=O)NCCNC(=O)N(C)C)C(N)=NO. The molecule has 0 aromatic heterocycles. The van der Waals surface area contributed by atoms with E-state index >= 15 is 0 Å². The molecular weight excluding hydrogens is 238 g/mol. The zero-order valence-electron chi connectivity index (χ0n) is 10.9. The predicted molar refractivity (Wildman–Crippen MR) is 67.3 cm³/mol. The summed E-state index contributed by atoms with van der Waals surface area (Å²) in [7, 11) is 3.25. The second kappa shape index (κ2) is 8.15. The monoisotopic (exact) mass is 259 g/mol. The van der Waals surface area contributed by atoms with Gasteiger partial charge in [-0.05, 0) is 6.42 Å². The van der Waals surface area contributed by atoms with Gasteiger partial charge in [0.25, 0.3) is 0 Å². The molecule has 0 aromatic rings. The van der Waals surface area contributed by atoms with Gasteiger partial charge in [0.05, 0.1) is 5.92 Å². The Bertz CT molecular complexity index is 317. The summed E-state index contributed by atoms with van der Waals surface area (Å²) in [6, 6.07) is -0.229. The zero-order valence-corrected chi connectivity index (χ0v) is 10.9. The molecule has 0 saturated heterocycles. The van der Waals surface area contributed by atoms with Gasteiger partial charge in [-0.3, -0.25) is 4.79 Å². The van der Waals surface area contributed by atoms with Gasteiger partial charge in [-0.1, -0.05) is 12.1 Å². The summed E-state index contributed by atoms with van der Waals surface area (Å²) in [5.41, 5.74) is 5.38. The first-order valence-electron chi connectivity index (χ1n) is 5.64. The smallest absolute Gasteiger partial charge is 0.316 e. The number of urea groups is 1. The van der Waals surface area contributed by atoms with E-state index in [9.17, 15) is 9.59 Å². The Hall–Kier alpha value is -1.99. The van der Waals surface area contributed by atoms with Gasteiger partial charge in [-0.25, -0.2) is 4.79 Å². The molecule has 0 aromatic carbocycles. The Morgan fingerprint density at radius 2 is 1.89 bits per heavy atom. The molecule has 0 aliphatic carbocycles. The summed E-state index contributed by atoms with van der Waals surface area (Å²) in [4.78, 5) is 24.2. The van der Waals surface area contributed by atoms with Gasteiger partial charge < -0.3 is 26.5 Å². The van der Waals surface area contributed by atoms with Crippen LogP contribution in [0.1, 0.15) is 13.3 Å². The molecule has 8 heteroatoms. The highest BCUT2D eigenvalue weighted by molar-refractivity contribution is 6.01. The molecule has 0 saturated carbocycles. The van der Waals surface area contributed by atoms with Gasteiger partial charge >= 0.3 is 6.03 Å². The molecule has 1 atom stereocenters. The summed E-state index contributed by atoms with van der Waals surface area (Å²) in [6.07, 6.45) is 0.436. The number of nitrogens with two attached hydrogens (primary N) is 1. The van der Waals surface area contributed by atoms with Crippen LogP contribution >= 0.6 is 0 Å². The van der Waals surface area contributed by atoms with E-state index in [2.05, 4.69) is 15.8 Å². The van der Waals surface area contributed by atoms with Crippen molar-refractivity contribution in [2.45, 2.75) is 13.3 Å². The van der Waals surface area contributed by atoms with Crippen molar-refractivity contribution in [3.8, 4) is 0 Å². The molecule has 5 N–H and O–H groups in total. The second-order valence-corrected chi connectivity index (χ2v) is 3.90. The largest absolute Gasteiger partial charge is 0.409 e. The highest BCUT2D eigenvalue weighted by Crippen LogP contribution is 2.02. The van der Waals surface area contributed by atoms with Crippen molar-refractivity contribution in [2.75, 3.05) is 27.2 Å². The number of rotatable bonds is 6. The van der Waals surface area contributed by atoms with Crippen LogP contribution in [0.2, 0.25) is 0 Å². The van der Waals surface area contributed by atoms with E-state index in [4.69, 9.17) is 10.9 Å². The first-order chi connectivity index (χ1) is 8.43. The second-order valence-electron chi connectivity index (χ2n) is 3.90. The molecule has 1 unspecified atom stereocenters. The fraction of sp³-hybridized carbons (Fsp3) is 0.700. The lowest BCUT2D eigenvalue weighted by Gasteiger charge is -2.15. The molecule has 0 radical (unpaired) electrons. The van der Waals surface area contributed by atoms with Crippen LogP contribution < -0.4 is 16.4 Å². The number of carbonyl (C=O) groups is 2. The Balaban J connectivity index is 4.00. The number of carbonyl (C=O) groups excluding carboxylic acids is 2. The third-order valence-electron chi connectivity index (χ3n) is 2.30. The van der Waals surface area contributed by atoms with Gasteiger partial charge in [0.15, 0.2) is 5.84 Å². The third-order valence-corrected chi connectivity index (χ3v) is 2.30. The lowest BCUT2D eigenvalue weighted by Crippen LogP contribution is -2.43. The third kappa shape index (κ3) is 5.37. The van der Waals surface area contributed by atoms with Gasteiger partial charge in [-0.15, -0.1) is 0 Å². The van der Waals surface area contributed by atoms with Crippen molar-refractivity contribution >= 4 is 17.8 Å². The Labute approximate surface area is 106 Å². The maximum absolute atomic E-state index is 11.6. The Kier molecular flexibility index (Phi) is 7.25. The fourth-order valence-electron chi connectivity index (χ4n) is 1.23. The van der Waals surface area contributed by atoms with Crippen molar-refractivity contribution in [1.82, 2.24) is 15.5 Å². The summed E-state index contributed by atoms with van der Waals surface area (Å²) in [5, 5.41) is 16.5. The molecule has 0 bridgehead atoms. The minimum absolute atomic E-state index is 0.118. The van der Waals surface area contributed by atoms with Gasteiger partial charge in [0.2, 0.25) is 5.91 Å². The first kappa shape index (κ1) is 16.0. The van der Waals surface area contributed by atoms with Crippen molar-refractivity contribution in [1.29, 1.82) is 0 Å². The molecule has 104 valence electrons. The van der Waals surface area contributed by atoms with Crippen LogP contribution in [0.3, 0.4) is 0 Å².